The number of halogens is 3. The second kappa shape index (κ2) is 38.2. The molecule has 90 heavy (non-hydrogen) atoms. The summed E-state index contributed by atoms with van der Waals surface area (Å²) < 4.78 is 23.8. The van der Waals surface area contributed by atoms with Crippen LogP contribution in [0.3, 0.4) is 0 Å². The molecule has 37 heteroatoms. The second-order valence-electron chi connectivity index (χ2n) is 18.1. The van der Waals surface area contributed by atoms with E-state index >= 15 is 0 Å². The number of nitrogens with one attached hydrogen (secondary N) is 3. The quantitative estimate of drug-likeness (QED) is 0.0656. The average molecular weight is 1570 g/mol. The van der Waals surface area contributed by atoms with Crippen LogP contribution in [0.1, 0.15) is 124 Å². The maximum absolute atomic E-state index is 11.8. The van der Waals surface area contributed by atoms with Gasteiger partial charge in [0.2, 0.25) is 17.7 Å². The maximum Gasteiger partial charge on any atom is 0.363 e. The highest BCUT2D eigenvalue weighted by atomic mass is 127. The highest BCUT2D eigenvalue weighted by Gasteiger charge is 2.37. The number of hydrogen-bond donors (Lipinski definition) is 3. The lowest BCUT2D eigenvalue weighted by atomic mass is 10.2. The second-order valence-corrected chi connectivity index (χ2v) is 22.1. The Hall–Kier alpha value is -8.47. The molecule has 5 heterocycles. The molecule has 0 bridgehead atoms. The Labute approximate surface area is 546 Å². The van der Waals surface area contributed by atoms with Gasteiger partial charge in [-0.3, -0.25) is 62.3 Å². The third-order valence-corrected chi connectivity index (χ3v) is 14.7. The molecule has 0 radical (unpaired) electrons. The lowest BCUT2D eigenvalue weighted by Crippen LogP contribution is -2.34. The molecule has 5 aliphatic rings. The number of carbonyl (C=O) groups is 18. The van der Waals surface area contributed by atoms with Crippen molar-refractivity contribution in [1.29, 1.82) is 0 Å². The number of imide groups is 5. The van der Waals surface area contributed by atoms with Crippen LogP contribution in [-0.4, -0.2) is 168 Å². The number of carbonyl (C=O) groups excluding carboxylic acids is 18. The van der Waals surface area contributed by atoms with E-state index in [4.69, 9.17) is 14.5 Å². The predicted molar refractivity (Wildman–Crippen MR) is 320 cm³/mol. The summed E-state index contributed by atoms with van der Waals surface area (Å²) in [6.45, 7) is 5.37. The molecule has 0 aliphatic carbocycles. The zero-order valence-corrected chi connectivity index (χ0v) is 54.2. The van der Waals surface area contributed by atoms with E-state index in [1.54, 1.807) is 6.92 Å². The monoisotopic (exact) mass is 1570 g/mol. The number of sulfone groups is 1. The first-order chi connectivity index (χ1) is 42.6. The van der Waals surface area contributed by atoms with Gasteiger partial charge < -0.3 is 40.1 Å². The van der Waals surface area contributed by atoms with Gasteiger partial charge in [0.25, 0.3) is 59.1 Å². The Morgan fingerprint density at radius 3 is 1.16 bits per heavy atom. The minimum absolute atomic E-state index is 0.00261. The standard InChI is InChI=1S/C13H11IN2O5.C13H11NO6S.C11H15IN2O5.C9H11BrN2O5.C7H9NO4/c14-7-10(17)15-9-3-1-8(2-4-9)13(20)21-16-11(18)5-6-12(16)19;1-2-21(18,19)10-5-3-9(4-6-10)13(17)20-14-11(15)7-8-12(14)16;12-7-8(15)13-6-2-1-3-11(18)19-14-9(16)4-5-10(14)17;10-5-6(13)11-4-3-9(16)17-12-7(14)1-2-8(12)15;1-2-7(11)12-8-5(9)3-4-6(8)10/h1-4H,5-7H2,(H,15,17);2-6H,1,7-8H2;1-7H2,(H,13,15);1-5H2,(H,11,13);2-4H2,1H3. The van der Waals surface area contributed by atoms with E-state index in [1.807, 2.05) is 45.2 Å². The van der Waals surface area contributed by atoms with E-state index in [0.29, 0.717) is 59.2 Å². The summed E-state index contributed by atoms with van der Waals surface area (Å²) in [7, 11) is -3.59. The molecule has 33 nitrogen and oxygen atoms in total. The number of hydroxylamine groups is 10. The van der Waals surface area contributed by atoms with Gasteiger partial charge in [0, 0.05) is 101 Å². The van der Waals surface area contributed by atoms with Crippen molar-refractivity contribution in [3.05, 3.63) is 71.6 Å². The van der Waals surface area contributed by atoms with Gasteiger partial charge in [0.05, 0.1) is 36.6 Å². The molecule has 13 amide bonds. The number of alkyl halides is 3. The Morgan fingerprint density at radius 2 is 0.811 bits per heavy atom. The van der Waals surface area contributed by atoms with Crippen LogP contribution in [0.2, 0.25) is 0 Å². The molecule has 0 spiro atoms. The first-order valence-corrected chi connectivity index (χ1v) is 32.3. The van der Waals surface area contributed by atoms with Crippen molar-refractivity contribution in [3.63, 3.8) is 0 Å². The van der Waals surface area contributed by atoms with Gasteiger partial charge in [0.1, 0.15) is 0 Å². The van der Waals surface area contributed by atoms with Crippen LogP contribution in [0.15, 0.2) is 65.4 Å². The van der Waals surface area contributed by atoms with E-state index in [-0.39, 0.29) is 129 Å². The zero-order chi connectivity index (χ0) is 67.3. The minimum atomic E-state index is -3.59. The molecule has 5 fully saturated rings. The molecule has 0 unspecified atom stereocenters. The van der Waals surface area contributed by atoms with Crippen molar-refractivity contribution >= 4 is 183 Å². The molecule has 0 saturated carbocycles. The van der Waals surface area contributed by atoms with Crippen LogP contribution >= 0.6 is 61.1 Å². The molecule has 486 valence electrons. The summed E-state index contributed by atoms with van der Waals surface area (Å²) in [6.07, 6.45) is 2.00. The summed E-state index contributed by atoms with van der Waals surface area (Å²) in [5, 5.41) is 11.2. The molecule has 3 N–H and O–H groups in total. The largest absolute Gasteiger partial charge is 0.363 e. The van der Waals surface area contributed by atoms with Gasteiger partial charge in [-0.25, -0.2) is 32.4 Å². The molecule has 0 aromatic heterocycles. The Balaban J connectivity index is 0.000000297. The molecular weight excluding hydrogens is 1510 g/mol. The highest BCUT2D eigenvalue weighted by Crippen LogP contribution is 2.20. The number of hydrogen-bond acceptors (Lipinski definition) is 25. The Bertz CT molecular complexity index is 3180. The van der Waals surface area contributed by atoms with E-state index in [1.165, 1.54) is 48.5 Å². The fourth-order valence-electron chi connectivity index (χ4n) is 6.80. The fraction of sp³-hybridized carbons (Fsp3) is 0.396. The molecule has 2 aromatic carbocycles. The Kier molecular flexibility index (Phi) is 32.1. The van der Waals surface area contributed by atoms with Gasteiger partial charge in [-0.15, -0.1) is 25.3 Å². The first kappa shape index (κ1) is 75.8. The average Bonchev–Trinajstić information content (AvgIpc) is 1.44. The van der Waals surface area contributed by atoms with Crippen LogP contribution in [0.5, 0.6) is 0 Å². The number of anilines is 1. The number of amides is 13. The number of unbranched alkanes of at least 4 members (excludes halogenated alkanes) is 1. The van der Waals surface area contributed by atoms with Gasteiger partial charge in [-0.05, 0) is 61.4 Å². The molecular formula is C53H57BrI2N8O25S. The normalized spacial score (nSPS) is 15.0. The minimum Gasteiger partial charge on any atom is -0.355 e. The van der Waals surface area contributed by atoms with Crippen molar-refractivity contribution in [3.8, 4) is 0 Å². The fourth-order valence-corrected chi connectivity index (χ4v) is 8.17. The smallest absolute Gasteiger partial charge is 0.355 e. The summed E-state index contributed by atoms with van der Waals surface area (Å²) in [4.78, 5) is 225. The zero-order valence-electron chi connectivity index (χ0n) is 47.5. The van der Waals surface area contributed by atoms with Crippen molar-refractivity contribution in [2.45, 2.75) is 108 Å². The summed E-state index contributed by atoms with van der Waals surface area (Å²) in [5.74, 6) is -9.19. The number of rotatable bonds is 22. The molecule has 0 atom stereocenters. The van der Waals surface area contributed by atoms with Crippen LogP contribution in [0.25, 0.3) is 0 Å². The molecule has 2 aromatic rings. The van der Waals surface area contributed by atoms with Crippen LogP contribution in [-0.2, 0) is 111 Å². The highest BCUT2D eigenvalue weighted by molar-refractivity contribution is 14.1. The van der Waals surface area contributed by atoms with E-state index < -0.39 is 98.8 Å². The van der Waals surface area contributed by atoms with Crippen molar-refractivity contribution in [2.24, 2.45) is 0 Å². The number of benzene rings is 2. The predicted octanol–water partition coefficient (Wildman–Crippen LogP) is 1.92. The SMILES string of the molecule is C=CS(=O)(=O)c1ccc(C(=O)ON2C(=O)CCC2=O)cc1.CCC(=O)ON1C(=O)CCC1=O.O=C(CBr)NCCC(=O)ON1C(=O)CCC1=O.O=C(CI)NCCCCC(=O)ON1C(=O)CCC1=O.O=C(CI)Nc1ccc(C(=O)ON2C(=O)CCC2=O)cc1. The van der Waals surface area contributed by atoms with Crippen molar-refractivity contribution in [2.75, 3.05) is 32.6 Å². The van der Waals surface area contributed by atoms with E-state index in [0.717, 1.165) is 5.41 Å². The van der Waals surface area contributed by atoms with E-state index in [2.05, 4.69) is 48.1 Å². The lowest BCUT2D eigenvalue weighted by Gasteiger charge is -2.12. The number of nitrogens with zero attached hydrogens (tertiary/aromatic N) is 5. The van der Waals surface area contributed by atoms with Crippen LogP contribution < -0.4 is 16.0 Å². The van der Waals surface area contributed by atoms with Gasteiger partial charge in [-0.1, -0.05) is 74.6 Å². The molecule has 5 saturated heterocycles. The van der Waals surface area contributed by atoms with Gasteiger partial charge in [0.15, 0.2) is 9.84 Å². The van der Waals surface area contributed by atoms with Crippen LogP contribution in [0.4, 0.5) is 5.69 Å². The van der Waals surface area contributed by atoms with Crippen molar-refractivity contribution < 1.29 is 119 Å². The lowest BCUT2D eigenvalue weighted by molar-refractivity contribution is -0.197. The summed E-state index contributed by atoms with van der Waals surface area (Å²) in [5.41, 5.74) is 0.738. The van der Waals surface area contributed by atoms with Crippen molar-refractivity contribution in [1.82, 2.24) is 35.9 Å². The summed E-state index contributed by atoms with van der Waals surface area (Å²) >= 11 is 6.84. The van der Waals surface area contributed by atoms with Crippen LogP contribution in [0, 0.1) is 0 Å². The molecule has 7 rings (SSSR count). The van der Waals surface area contributed by atoms with Gasteiger partial charge >= 0.3 is 29.8 Å². The van der Waals surface area contributed by atoms with E-state index in [9.17, 15) is 94.7 Å². The third kappa shape index (κ3) is 25.2. The third-order valence-electron chi connectivity index (χ3n) is 11.4. The first-order valence-electron chi connectivity index (χ1n) is 26.5. The topological polar surface area (TPSA) is 440 Å². The van der Waals surface area contributed by atoms with Gasteiger partial charge in [-0.2, -0.15) is 0 Å². The summed E-state index contributed by atoms with van der Waals surface area (Å²) in [6, 6.07) is 10.8. The maximum atomic E-state index is 11.8. The Morgan fingerprint density at radius 1 is 0.478 bits per heavy atom. The molecule has 5 aliphatic heterocycles.